The Morgan fingerprint density at radius 3 is 2.80 bits per heavy atom. The van der Waals surface area contributed by atoms with E-state index in [-0.39, 0.29) is 22.9 Å². The first kappa shape index (κ1) is 17.4. The van der Waals surface area contributed by atoms with Crippen LogP contribution in [0.5, 0.6) is 0 Å². The minimum absolute atomic E-state index is 0.106. The van der Waals surface area contributed by atoms with Gasteiger partial charge in [-0.3, -0.25) is 4.57 Å². The van der Waals surface area contributed by atoms with E-state index in [0.717, 1.165) is 0 Å². The molecule has 0 aliphatic heterocycles. The number of rotatable bonds is 5. The van der Waals surface area contributed by atoms with Crippen molar-refractivity contribution in [2.45, 2.75) is 13.0 Å². The van der Waals surface area contributed by atoms with Crippen molar-refractivity contribution in [2.24, 2.45) is 0 Å². The van der Waals surface area contributed by atoms with Crippen LogP contribution in [0.2, 0.25) is 10.0 Å². The van der Waals surface area contributed by atoms with Crippen LogP contribution in [0.3, 0.4) is 0 Å². The number of carbonyl (C=O) groups excluding carboxylic acids is 1. The lowest BCUT2D eigenvalue weighted by molar-refractivity contribution is 0.0497. The zero-order valence-electron chi connectivity index (χ0n) is 13.0. The fraction of sp³-hybridized carbons (Fsp3) is 0.176. The van der Waals surface area contributed by atoms with E-state index in [4.69, 9.17) is 38.1 Å². The largest absolute Gasteiger partial charge is 0.462 e. The van der Waals surface area contributed by atoms with E-state index in [1.807, 2.05) is 6.07 Å². The Kier molecular flexibility index (Phi) is 5.01. The van der Waals surface area contributed by atoms with Gasteiger partial charge in [0.1, 0.15) is 0 Å². The molecule has 25 heavy (non-hydrogen) atoms. The third kappa shape index (κ3) is 3.65. The summed E-state index contributed by atoms with van der Waals surface area (Å²) < 4.78 is 11.8. The molecule has 3 aromatic rings. The van der Waals surface area contributed by atoms with E-state index >= 15 is 0 Å². The molecule has 0 aliphatic carbocycles. The zero-order valence-corrected chi connectivity index (χ0v) is 14.5. The van der Waals surface area contributed by atoms with Crippen LogP contribution in [0.15, 0.2) is 45.6 Å². The molecule has 0 atom stereocenters. The Bertz CT molecular complexity index is 994. The Morgan fingerprint density at radius 2 is 2.00 bits per heavy atom. The number of nitrogens with zero attached hydrogens (tertiary/aromatic N) is 1. The third-order valence-electron chi connectivity index (χ3n) is 3.65. The molecule has 0 bridgehead atoms. The molecule has 0 saturated heterocycles. The first-order chi connectivity index (χ1) is 12.0. The van der Waals surface area contributed by atoms with Crippen LogP contribution in [-0.4, -0.2) is 17.1 Å². The van der Waals surface area contributed by atoms with E-state index in [1.165, 1.54) is 16.7 Å². The topological polar surface area (TPSA) is 87.5 Å². The first-order valence-corrected chi connectivity index (χ1v) is 8.23. The van der Waals surface area contributed by atoms with Crippen LogP contribution in [0, 0.1) is 0 Å². The molecule has 6 nitrogen and oxygen atoms in total. The first-order valence-electron chi connectivity index (χ1n) is 7.47. The second-order valence-corrected chi connectivity index (χ2v) is 6.17. The lowest BCUT2D eigenvalue weighted by Crippen LogP contribution is -2.16. The van der Waals surface area contributed by atoms with Gasteiger partial charge in [-0.15, -0.1) is 0 Å². The number of nitrogens with two attached hydrogens (primary N) is 1. The maximum absolute atomic E-state index is 12.1. The van der Waals surface area contributed by atoms with Gasteiger partial charge in [0.15, 0.2) is 5.58 Å². The molecule has 2 aromatic carbocycles. The van der Waals surface area contributed by atoms with Gasteiger partial charge in [0.05, 0.1) is 28.4 Å². The summed E-state index contributed by atoms with van der Waals surface area (Å²) in [6.45, 7) is 0.462. The Morgan fingerprint density at radius 1 is 1.24 bits per heavy atom. The van der Waals surface area contributed by atoms with Crippen LogP contribution in [0.25, 0.3) is 11.1 Å². The van der Waals surface area contributed by atoms with E-state index in [2.05, 4.69) is 0 Å². The lowest BCUT2D eigenvalue weighted by atomic mass is 10.2. The number of hydrogen-bond acceptors (Lipinski definition) is 5. The minimum atomic E-state index is -0.619. The lowest BCUT2D eigenvalue weighted by Gasteiger charge is -2.09. The number of halogens is 2. The van der Waals surface area contributed by atoms with Crippen molar-refractivity contribution in [2.75, 3.05) is 12.3 Å². The Balaban J connectivity index is 1.63. The Labute approximate surface area is 152 Å². The number of aryl methyl sites for hydroxylation is 1. The van der Waals surface area contributed by atoms with Gasteiger partial charge < -0.3 is 14.9 Å². The fourth-order valence-electron chi connectivity index (χ4n) is 2.44. The number of hydrogen-bond donors (Lipinski definition) is 1. The van der Waals surface area contributed by atoms with Gasteiger partial charge >= 0.3 is 11.7 Å². The molecule has 2 N–H and O–H groups in total. The van der Waals surface area contributed by atoms with Gasteiger partial charge in [-0.2, -0.15) is 0 Å². The molecule has 0 unspecified atom stereocenters. The van der Waals surface area contributed by atoms with Crippen molar-refractivity contribution in [3.8, 4) is 0 Å². The number of para-hydroxylation sites is 2. The highest BCUT2D eigenvalue weighted by Gasteiger charge is 2.15. The smallest absolute Gasteiger partial charge is 0.419 e. The summed E-state index contributed by atoms with van der Waals surface area (Å²) in [5.41, 5.74) is 7.22. The molecule has 0 aliphatic rings. The summed E-state index contributed by atoms with van der Waals surface area (Å²) in [6, 6.07) is 9.97. The van der Waals surface area contributed by atoms with Crippen LogP contribution in [0.4, 0.5) is 5.69 Å². The van der Waals surface area contributed by atoms with Crippen molar-refractivity contribution in [3.05, 3.63) is 62.6 Å². The number of nitrogen functional groups attached to an aromatic ring is 1. The predicted molar refractivity (Wildman–Crippen MR) is 96.2 cm³/mol. The standard InChI is InChI=1S/C17H14Cl2N2O4/c18-10-8-11(15(20)12(19)9-10)16(22)24-7-3-6-21-13-4-1-2-5-14(13)25-17(21)23/h1-2,4-5,8-9H,3,6-7,20H2. The highest BCUT2D eigenvalue weighted by molar-refractivity contribution is 6.37. The number of oxazole rings is 1. The summed E-state index contributed by atoms with van der Waals surface area (Å²) in [4.78, 5) is 24.0. The SMILES string of the molecule is Nc1c(Cl)cc(Cl)cc1C(=O)OCCCn1c(=O)oc2ccccc21. The van der Waals surface area contributed by atoms with Gasteiger partial charge in [0.25, 0.3) is 0 Å². The number of ether oxygens (including phenoxy) is 1. The average Bonchev–Trinajstić information content (AvgIpc) is 2.90. The number of fused-ring (bicyclic) bond motifs is 1. The molecular formula is C17H14Cl2N2O4. The van der Waals surface area contributed by atoms with Crippen molar-refractivity contribution in [1.82, 2.24) is 4.57 Å². The molecule has 0 saturated carbocycles. The molecule has 1 heterocycles. The maximum atomic E-state index is 12.1. The normalized spacial score (nSPS) is 11.0. The second-order valence-electron chi connectivity index (χ2n) is 5.33. The highest BCUT2D eigenvalue weighted by atomic mass is 35.5. The summed E-state index contributed by atoms with van der Waals surface area (Å²) >= 11 is 11.8. The van der Waals surface area contributed by atoms with E-state index < -0.39 is 11.7 Å². The van der Waals surface area contributed by atoms with Crippen LogP contribution < -0.4 is 11.5 Å². The molecule has 3 rings (SSSR count). The number of carbonyl (C=O) groups is 1. The molecule has 0 radical (unpaired) electrons. The number of anilines is 1. The molecule has 0 spiro atoms. The summed E-state index contributed by atoms with van der Waals surface area (Å²) in [6.07, 6.45) is 0.434. The van der Waals surface area contributed by atoms with Crippen molar-refractivity contribution < 1.29 is 13.9 Å². The number of esters is 1. The number of aromatic nitrogens is 1. The maximum Gasteiger partial charge on any atom is 0.419 e. The highest BCUT2D eigenvalue weighted by Crippen LogP contribution is 2.28. The monoisotopic (exact) mass is 380 g/mol. The van der Waals surface area contributed by atoms with E-state index in [9.17, 15) is 9.59 Å². The summed E-state index contributed by atoms with van der Waals surface area (Å²) in [5.74, 6) is -1.07. The minimum Gasteiger partial charge on any atom is -0.462 e. The van der Waals surface area contributed by atoms with Crippen molar-refractivity contribution >= 4 is 46.0 Å². The molecule has 0 amide bonds. The zero-order chi connectivity index (χ0) is 18.0. The molecule has 130 valence electrons. The Hall–Kier alpha value is -2.44. The van der Waals surface area contributed by atoms with Crippen molar-refractivity contribution in [3.63, 3.8) is 0 Å². The van der Waals surface area contributed by atoms with Crippen LogP contribution in [-0.2, 0) is 11.3 Å². The van der Waals surface area contributed by atoms with Gasteiger partial charge in [-0.25, -0.2) is 9.59 Å². The predicted octanol–water partition coefficient (Wildman–Crippen LogP) is 3.73. The van der Waals surface area contributed by atoms with Crippen LogP contribution >= 0.6 is 23.2 Å². The van der Waals surface area contributed by atoms with Gasteiger partial charge in [0.2, 0.25) is 0 Å². The van der Waals surface area contributed by atoms with Crippen molar-refractivity contribution in [1.29, 1.82) is 0 Å². The second kappa shape index (κ2) is 7.21. The summed E-state index contributed by atoms with van der Waals surface area (Å²) in [7, 11) is 0. The average molecular weight is 381 g/mol. The molecule has 1 aromatic heterocycles. The fourth-order valence-corrected chi connectivity index (χ4v) is 2.94. The van der Waals surface area contributed by atoms with Gasteiger partial charge in [-0.05, 0) is 30.7 Å². The van der Waals surface area contributed by atoms with E-state index in [1.54, 1.807) is 18.2 Å². The quantitative estimate of drug-likeness (QED) is 0.413. The van der Waals surface area contributed by atoms with Gasteiger partial charge in [0, 0.05) is 11.6 Å². The third-order valence-corrected chi connectivity index (χ3v) is 4.18. The summed E-state index contributed by atoms with van der Waals surface area (Å²) in [5, 5.41) is 0.485. The number of benzene rings is 2. The van der Waals surface area contributed by atoms with Crippen LogP contribution in [0.1, 0.15) is 16.8 Å². The van der Waals surface area contributed by atoms with E-state index in [0.29, 0.717) is 29.1 Å². The molecule has 0 fully saturated rings. The van der Waals surface area contributed by atoms with Gasteiger partial charge in [-0.1, -0.05) is 35.3 Å². The molecule has 8 heteroatoms. The molecular weight excluding hydrogens is 367 g/mol.